The molecule has 3 rings (SSSR count). The first kappa shape index (κ1) is 14.9. The number of rotatable bonds is 4. The second-order valence-electron chi connectivity index (χ2n) is 5.33. The van der Waals surface area contributed by atoms with Crippen LogP contribution in [0.1, 0.15) is 11.3 Å². The van der Waals surface area contributed by atoms with E-state index in [4.69, 9.17) is 5.73 Å². The lowest BCUT2D eigenvalue weighted by atomic mass is 10.0. The highest BCUT2D eigenvalue weighted by atomic mass is 16.1. The molecule has 0 aliphatic heterocycles. The summed E-state index contributed by atoms with van der Waals surface area (Å²) in [7, 11) is 1.61. The van der Waals surface area contributed by atoms with E-state index in [9.17, 15) is 4.79 Å². The van der Waals surface area contributed by atoms with Crippen LogP contribution in [-0.2, 0) is 19.9 Å². The number of benzene rings is 1. The van der Waals surface area contributed by atoms with Gasteiger partial charge in [-0.1, -0.05) is 24.3 Å². The number of hydrogen-bond acceptors (Lipinski definition) is 5. The van der Waals surface area contributed by atoms with Gasteiger partial charge in [0.15, 0.2) is 0 Å². The molecule has 3 aromatic rings. The summed E-state index contributed by atoms with van der Waals surface area (Å²) in [5, 5.41) is 0. The molecule has 0 bridgehead atoms. The quantitative estimate of drug-likeness (QED) is 0.791. The number of aromatic nitrogens is 4. The number of anilines is 1. The van der Waals surface area contributed by atoms with Crippen LogP contribution in [0, 0.1) is 0 Å². The van der Waals surface area contributed by atoms with Crippen molar-refractivity contribution >= 4 is 5.95 Å². The first-order valence-corrected chi connectivity index (χ1v) is 7.30. The minimum atomic E-state index is -0.132. The van der Waals surface area contributed by atoms with Gasteiger partial charge in [-0.15, -0.1) is 0 Å². The Balaban J connectivity index is 1.71. The number of hydrogen-bond donors (Lipinski definition) is 1. The van der Waals surface area contributed by atoms with Gasteiger partial charge in [-0.2, -0.15) is 0 Å². The van der Waals surface area contributed by atoms with Gasteiger partial charge < -0.3 is 5.73 Å². The summed E-state index contributed by atoms with van der Waals surface area (Å²) in [4.78, 5) is 24.0. The van der Waals surface area contributed by atoms with Crippen LogP contribution >= 0.6 is 0 Å². The Bertz CT molecular complexity index is 856. The van der Waals surface area contributed by atoms with Crippen molar-refractivity contribution in [3.05, 3.63) is 70.7 Å². The van der Waals surface area contributed by atoms with Crippen molar-refractivity contribution in [1.29, 1.82) is 0 Å². The summed E-state index contributed by atoms with van der Waals surface area (Å²) in [5.74, 6) is 0.243. The third-order valence-corrected chi connectivity index (χ3v) is 3.74. The molecule has 2 aromatic heterocycles. The monoisotopic (exact) mass is 307 g/mol. The molecule has 0 saturated carbocycles. The first-order valence-electron chi connectivity index (χ1n) is 7.30. The molecule has 0 unspecified atom stereocenters. The van der Waals surface area contributed by atoms with E-state index in [1.165, 1.54) is 22.5 Å². The molecule has 2 N–H and O–H groups in total. The SMILES string of the molecule is Cn1c(N)nc(CCc2ccc(-c3cncnc3)cc2)cc1=O. The van der Waals surface area contributed by atoms with Crippen LogP contribution in [0.3, 0.4) is 0 Å². The average Bonchev–Trinajstić information content (AvgIpc) is 2.59. The maximum atomic E-state index is 11.7. The molecular weight excluding hydrogens is 290 g/mol. The van der Waals surface area contributed by atoms with E-state index in [-0.39, 0.29) is 11.5 Å². The van der Waals surface area contributed by atoms with E-state index in [0.29, 0.717) is 12.1 Å². The Morgan fingerprint density at radius 1 is 1.04 bits per heavy atom. The highest BCUT2D eigenvalue weighted by Crippen LogP contribution is 2.18. The maximum absolute atomic E-state index is 11.7. The largest absolute Gasteiger partial charge is 0.369 e. The zero-order valence-corrected chi connectivity index (χ0v) is 12.8. The Labute approximate surface area is 133 Å². The molecule has 23 heavy (non-hydrogen) atoms. The molecule has 0 aliphatic rings. The lowest BCUT2D eigenvalue weighted by Gasteiger charge is -2.06. The lowest BCUT2D eigenvalue weighted by molar-refractivity contribution is 0.806. The van der Waals surface area contributed by atoms with E-state index in [1.54, 1.807) is 19.4 Å². The molecule has 6 nitrogen and oxygen atoms in total. The molecule has 0 radical (unpaired) electrons. The summed E-state index contributed by atoms with van der Waals surface area (Å²) >= 11 is 0. The molecule has 0 amide bonds. The van der Waals surface area contributed by atoms with E-state index < -0.39 is 0 Å². The number of nitrogens with two attached hydrogens (primary N) is 1. The second kappa shape index (κ2) is 6.39. The van der Waals surface area contributed by atoms with Crippen molar-refractivity contribution in [3.8, 4) is 11.1 Å². The molecule has 116 valence electrons. The number of nitrogens with zero attached hydrogens (tertiary/aromatic N) is 4. The minimum absolute atomic E-state index is 0.132. The Morgan fingerprint density at radius 3 is 2.39 bits per heavy atom. The highest BCUT2D eigenvalue weighted by Gasteiger charge is 2.04. The summed E-state index contributed by atoms with van der Waals surface area (Å²) in [6.45, 7) is 0. The van der Waals surface area contributed by atoms with Gasteiger partial charge in [-0.05, 0) is 24.0 Å². The van der Waals surface area contributed by atoms with Crippen molar-refractivity contribution in [2.75, 3.05) is 5.73 Å². The van der Waals surface area contributed by atoms with Crippen molar-refractivity contribution in [3.63, 3.8) is 0 Å². The van der Waals surface area contributed by atoms with Crippen molar-refractivity contribution in [2.24, 2.45) is 7.05 Å². The smallest absolute Gasteiger partial charge is 0.254 e. The molecule has 1 aromatic carbocycles. The highest BCUT2D eigenvalue weighted by molar-refractivity contribution is 5.61. The van der Waals surface area contributed by atoms with E-state index >= 15 is 0 Å². The maximum Gasteiger partial charge on any atom is 0.254 e. The minimum Gasteiger partial charge on any atom is -0.369 e. The van der Waals surface area contributed by atoms with E-state index in [0.717, 1.165) is 17.5 Å². The van der Waals surface area contributed by atoms with Gasteiger partial charge in [0.2, 0.25) is 5.95 Å². The van der Waals surface area contributed by atoms with E-state index in [1.807, 2.05) is 12.1 Å². The summed E-state index contributed by atoms with van der Waals surface area (Å²) < 4.78 is 1.33. The fourth-order valence-corrected chi connectivity index (χ4v) is 2.32. The van der Waals surface area contributed by atoms with Crippen molar-refractivity contribution < 1.29 is 0 Å². The summed E-state index contributed by atoms with van der Waals surface area (Å²) in [6.07, 6.45) is 6.56. The average molecular weight is 307 g/mol. The molecule has 0 saturated heterocycles. The van der Waals surface area contributed by atoms with Crippen LogP contribution < -0.4 is 11.3 Å². The lowest BCUT2D eigenvalue weighted by Crippen LogP contribution is -2.21. The Morgan fingerprint density at radius 2 is 1.74 bits per heavy atom. The normalized spacial score (nSPS) is 10.7. The fourth-order valence-electron chi connectivity index (χ4n) is 2.32. The Kier molecular flexibility index (Phi) is 4.14. The molecule has 6 heteroatoms. The Hall–Kier alpha value is -3.02. The fraction of sp³-hybridized carbons (Fsp3) is 0.176. The van der Waals surface area contributed by atoms with Gasteiger partial charge >= 0.3 is 0 Å². The molecule has 0 spiro atoms. The van der Waals surface area contributed by atoms with Gasteiger partial charge in [0.25, 0.3) is 5.56 Å². The van der Waals surface area contributed by atoms with Crippen LogP contribution in [0.2, 0.25) is 0 Å². The van der Waals surface area contributed by atoms with Crippen LogP contribution in [0.25, 0.3) is 11.1 Å². The van der Waals surface area contributed by atoms with Gasteiger partial charge in [0, 0.05) is 31.1 Å². The third-order valence-electron chi connectivity index (χ3n) is 3.74. The molecule has 0 fully saturated rings. The van der Waals surface area contributed by atoms with Gasteiger partial charge in [0.1, 0.15) is 6.33 Å². The first-order chi connectivity index (χ1) is 11.1. The number of aryl methyl sites for hydroxylation is 2. The molecule has 0 aliphatic carbocycles. The summed E-state index contributed by atoms with van der Waals surface area (Å²) in [6, 6.07) is 9.74. The molecular formula is C17H17N5O. The predicted molar refractivity (Wildman–Crippen MR) is 88.8 cm³/mol. The van der Waals surface area contributed by atoms with Crippen molar-refractivity contribution in [2.45, 2.75) is 12.8 Å². The van der Waals surface area contributed by atoms with Gasteiger partial charge in [0.05, 0.1) is 5.69 Å². The molecule has 0 atom stereocenters. The number of nitrogen functional groups attached to an aromatic ring is 1. The van der Waals surface area contributed by atoms with E-state index in [2.05, 4.69) is 27.1 Å². The van der Waals surface area contributed by atoms with Crippen LogP contribution in [0.5, 0.6) is 0 Å². The zero-order chi connectivity index (χ0) is 16.2. The van der Waals surface area contributed by atoms with Crippen molar-refractivity contribution in [1.82, 2.24) is 19.5 Å². The van der Waals surface area contributed by atoms with Gasteiger partial charge in [-0.3, -0.25) is 9.36 Å². The van der Waals surface area contributed by atoms with Crippen LogP contribution in [0.15, 0.2) is 53.8 Å². The third kappa shape index (κ3) is 3.42. The summed E-state index contributed by atoms with van der Waals surface area (Å²) in [5.41, 5.74) is 9.53. The predicted octanol–water partition coefficient (Wildman–Crippen LogP) is 1.60. The topological polar surface area (TPSA) is 86.7 Å². The zero-order valence-electron chi connectivity index (χ0n) is 12.8. The standard InChI is InChI=1S/C17H17N5O/c1-22-16(23)8-15(21-17(22)18)7-4-12-2-5-13(6-3-12)14-9-19-11-20-10-14/h2-3,5-6,8-11H,4,7H2,1H3,(H2,18,21). The van der Waals surface area contributed by atoms with Crippen LogP contribution in [0.4, 0.5) is 5.95 Å². The second-order valence-corrected chi connectivity index (χ2v) is 5.33. The molecule has 2 heterocycles. The van der Waals surface area contributed by atoms with Crippen LogP contribution in [-0.4, -0.2) is 19.5 Å². The van der Waals surface area contributed by atoms with Gasteiger partial charge in [-0.25, -0.2) is 15.0 Å².